The number of aliphatic hydroxyl groups excluding tert-OH is 1. The fourth-order valence-corrected chi connectivity index (χ4v) is 6.87. The number of rotatable bonds is 39. The van der Waals surface area contributed by atoms with Gasteiger partial charge in [0, 0.05) is 6.42 Å². The van der Waals surface area contributed by atoms with Gasteiger partial charge in [0.25, 0.3) is 0 Å². The summed E-state index contributed by atoms with van der Waals surface area (Å²) in [4.78, 5) is 30.9. The predicted molar refractivity (Wildman–Crippen MR) is 209 cm³/mol. The molecule has 0 fully saturated rings. The number of phosphoric ester groups is 1. The number of carbonyl (C=O) groups is 1. The molecular formula is C41H82NO6P. The molecule has 0 radical (unpaired) electrons. The summed E-state index contributed by atoms with van der Waals surface area (Å²) in [5.74, 6) is -0.223. The van der Waals surface area contributed by atoms with E-state index in [4.69, 9.17) is 9.79 Å². The van der Waals surface area contributed by atoms with Crippen molar-refractivity contribution in [3.63, 3.8) is 0 Å². The first-order valence-corrected chi connectivity index (χ1v) is 22.7. The highest BCUT2D eigenvalue weighted by atomic mass is 31.2. The normalized spacial score (nSPS) is 13.3. The Kier molecular flexibility index (Phi) is 36.5. The van der Waals surface area contributed by atoms with Crippen LogP contribution in [0, 0.1) is 0 Å². The number of allylic oxidation sites excluding steroid dienone is 1. The summed E-state index contributed by atoms with van der Waals surface area (Å²) in [6.07, 6.45) is 43.7. The van der Waals surface area contributed by atoms with E-state index in [1.54, 1.807) is 6.08 Å². The van der Waals surface area contributed by atoms with Crippen molar-refractivity contribution in [2.24, 2.45) is 0 Å². The van der Waals surface area contributed by atoms with Crippen molar-refractivity contribution in [3.05, 3.63) is 12.2 Å². The van der Waals surface area contributed by atoms with Crippen LogP contribution in [-0.2, 0) is 13.9 Å². The number of hydrogen-bond acceptors (Lipinski definition) is 4. The maximum atomic E-state index is 12.6. The van der Waals surface area contributed by atoms with Crippen LogP contribution in [0.25, 0.3) is 0 Å². The summed E-state index contributed by atoms with van der Waals surface area (Å²) in [5, 5.41) is 13.4. The molecule has 0 aliphatic carbocycles. The van der Waals surface area contributed by atoms with Crippen molar-refractivity contribution < 1.29 is 28.8 Å². The Bertz CT molecular complexity index is 773. The molecule has 8 heteroatoms. The van der Waals surface area contributed by atoms with Gasteiger partial charge >= 0.3 is 7.82 Å². The van der Waals surface area contributed by atoms with Crippen LogP contribution in [0.5, 0.6) is 0 Å². The van der Waals surface area contributed by atoms with E-state index >= 15 is 0 Å². The largest absolute Gasteiger partial charge is 0.469 e. The molecule has 0 aromatic carbocycles. The van der Waals surface area contributed by atoms with Crippen molar-refractivity contribution in [2.45, 2.75) is 238 Å². The lowest BCUT2D eigenvalue weighted by atomic mass is 10.0. The molecule has 1 amide bonds. The fourth-order valence-electron chi connectivity index (χ4n) is 6.52. The van der Waals surface area contributed by atoms with E-state index in [-0.39, 0.29) is 5.91 Å². The van der Waals surface area contributed by atoms with Gasteiger partial charge in [0.15, 0.2) is 0 Å². The van der Waals surface area contributed by atoms with Gasteiger partial charge < -0.3 is 20.2 Å². The molecule has 292 valence electrons. The van der Waals surface area contributed by atoms with Crippen LogP contribution in [0.15, 0.2) is 12.2 Å². The van der Waals surface area contributed by atoms with E-state index in [1.807, 2.05) is 6.08 Å². The van der Waals surface area contributed by atoms with Crippen LogP contribution in [-0.4, -0.2) is 39.6 Å². The molecule has 49 heavy (non-hydrogen) atoms. The molecule has 0 aromatic heterocycles. The van der Waals surface area contributed by atoms with Gasteiger partial charge in [-0.05, 0) is 19.3 Å². The first-order valence-electron chi connectivity index (χ1n) is 21.1. The monoisotopic (exact) mass is 716 g/mol. The van der Waals surface area contributed by atoms with E-state index in [0.717, 1.165) is 38.5 Å². The van der Waals surface area contributed by atoms with E-state index in [2.05, 4.69) is 23.7 Å². The zero-order chi connectivity index (χ0) is 36.1. The Labute approximate surface area is 303 Å². The third kappa shape index (κ3) is 38.3. The van der Waals surface area contributed by atoms with Gasteiger partial charge in [0.2, 0.25) is 5.91 Å². The molecule has 7 nitrogen and oxygen atoms in total. The molecule has 2 atom stereocenters. The lowest BCUT2D eigenvalue weighted by Gasteiger charge is -2.22. The molecular weight excluding hydrogens is 633 g/mol. The van der Waals surface area contributed by atoms with Gasteiger partial charge in [0.05, 0.1) is 18.8 Å². The van der Waals surface area contributed by atoms with Gasteiger partial charge in [-0.1, -0.05) is 212 Å². The predicted octanol–water partition coefficient (Wildman–Crippen LogP) is 12.4. The Morgan fingerprint density at radius 1 is 0.571 bits per heavy atom. The van der Waals surface area contributed by atoms with E-state index in [0.29, 0.717) is 6.42 Å². The molecule has 0 aliphatic heterocycles. The topological polar surface area (TPSA) is 116 Å². The van der Waals surface area contributed by atoms with E-state index in [1.165, 1.54) is 167 Å². The summed E-state index contributed by atoms with van der Waals surface area (Å²) >= 11 is 0. The van der Waals surface area contributed by atoms with Gasteiger partial charge in [-0.15, -0.1) is 0 Å². The summed E-state index contributed by atoms with van der Waals surface area (Å²) in [6, 6.07) is -0.904. The quantitative estimate of drug-likeness (QED) is 0.0286. The highest BCUT2D eigenvalue weighted by Gasteiger charge is 2.24. The van der Waals surface area contributed by atoms with Crippen LogP contribution < -0.4 is 5.32 Å². The highest BCUT2D eigenvalue weighted by Crippen LogP contribution is 2.35. The van der Waals surface area contributed by atoms with Crippen molar-refractivity contribution in [3.8, 4) is 0 Å². The van der Waals surface area contributed by atoms with E-state index in [9.17, 15) is 14.5 Å². The van der Waals surface area contributed by atoms with Crippen LogP contribution >= 0.6 is 7.82 Å². The van der Waals surface area contributed by atoms with Gasteiger partial charge in [-0.2, -0.15) is 0 Å². The molecule has 0 heterocycles. The molecule has 0 saturated heterocycles. The fraction of sp³-hybridized carbons (Fsp3) is 0.927. The zero-order valence-corrected chi connectivity index (χ0v) is 33.3. The third-order valence-electron chi connectivity index (χ3n) is 9.75. The molecule has 4 N–H and O–H groups in total. The molecule has 0 spiro atoms. The molecule has 0 rings (SSSR count). The highest BCUT2D eigenvalue weighted by molar-refractivity contribution is 7.46. The van der Waals surface area contributed by atoms with Gasteiger partial charge in [-0.25, -0.2) is 4.57 Å². The minimum absolute atomic E-state index is 0.223. The molecule has 0 bridgehead atoms. The molecule has 0 aromatic rings. The minimum atomic E-state index is -4.71. The average Bonchev–Trinajstić information content (AvgIpc) is 3.07. The van der Waals surface area contributed by atoms with Gasteiger partial charge in [0.1, 0.15) is 0 Å². The second kappa shape index (κ2) is 37.1. The smallest absolute Gasteiger partial charge is 0.387 e. The number of hydrogen-bond donors (Lipinski definition) is 4. The second-order valence-corrected chi connectivity index (χ2v) is 15.9. The van der Waals surface area contributed by atoms with Crippen LogP contribution in [0.1, 0.15) is 226 Å². The van der Waals surface area contributed by atoms with Crippen LogP contribution in [0.3, 0.4) is 0 Å². The maximum absolute atomic E-state index is 12.6. The molecule has 0 aliphatic rings. The van der Waals surface area contributed by atoms with Crippen molar-refractivity contribution >= 4 is 13.7 Å². The minimum Gasteiger partial charge on any atom is -0.387 e. The standard InChI is InChI=1S/C41H82NO6P/c1-3-5-7-9-11-13-15-17-19-20-21-22-23-25-27-29-31-33-35-37-41(44)42-39(38-48-49(45,46)47)40(43)36-34-32-30-28-26-24-18-16-14-12-10-8-6-4-2/h34,36,39-40,43H,3-33,35,37-38H2,1-2H3,(H,42,44)(H2,45,46,47)/b36-34+/t39-,40+/m0/s1. The number of unbranched alkanes of at least 4 members (excludes halogenated alkanes) is 30. The van der Waals surface area contributed by atoms with E-state index < -0.39 is 26.6 Å². The Hall–Kier alpha value is -0.720. The number of amides is 1. The molecule has 0 unspecified atom stereocenters. The van der Waals surface area contributed by atoms with Crippen molar-refractivity contribution in [1.82, 2.24) is 5.32 Å². The zero-order valence-electron chi connectivity index (χ0n) is 32.4. The number of carbonyl (C=O) groups excluding carboxylic acids is 1. The number of aliphatic hydroxyl groups is 1. The summed E-state index contributed by atoms with van der Waals surface area (Å²) in [7, 11) is -4.71. The lowest BCUT2D eigenvalue weighted by Crippen LogP contribution is -2.45. The number of nitrogens with one attached hydrogen (secondary N) is 1. The maximum Gasteiger partial charge on any atom is 0.469 e. The summed E-state index contributed by atoms with van der Waals surface area (Å²) < 4.78 is 15.9. The van der Waals surface area contributed by atoms with Gasteiger partial charge in [-0.3, -0.25) is 9.32 Å². The SMILES string of the molecule is CCCCCCCCCCCCCC/C=C/[C@@H](O)[C@H](COP(=O)(O)O)NC(=O)CCCCCCCCCCCCCCCCCCCCC. The summed E-state index contributed by atoms with van der Waals surface area (Å²) in [6.45, 7) is 4.08. The average molecular weight is 716 g/mol. The Morgan fingerprint density at radius 3 is 1.24 bits per heavy atom. The van der Waals surface area contributed by atoms with Crippen LogP contribution in [0.4, 0.5) is 0 Å². The Morgan fingerprint density at radius 2 is 0.898 bits per heavy atom. The first kappa shape index (κ1) is 48.3. The first-order chi connectivity index (χ1) is 23.8. The summed E-state index contributed by atoms with van der Waals surface area (Å²) in [5.41, 5.74) is 0. The Balaban J connectivity index is 3.91. The van der Waals surface area contributed by atoms with Crippen molar-refractivity contribution in [2.75, 3.05) is 6.61 Å². The van der Waals surface area contributed by atoms with Crippen molar-refractivity contribution in [1.29, 1.82) is 0 Å². The molecule has 0 saturated carbocycles. The number of phosphoric acid groups is 1. The third-order valence-corrected chi connectivity index (χ3v) is 10.2. The second-order valence-electron chi connectivity index (χ2n) is 14.7. The van der Waals surface area contributed by atoms with Crippen LogP contribution in [0.2, 0.25) is 0 Å². The lowest BCUT2D eigenvalue weighted by molar-refractivity contribution is -0.123.